The highest BCUT2D eigenvalue weighted by Crippen LogP contribution is 2.21. The second-order valence-corrected chi connectivity index (χ2v) is 12.7. The molecule has 0 bridgehead atoms. The van der Waals surface area contributed by atoms with Crippen LogP contribution in [0.5, 0.6) is 0 Å². The summed E-state index contributed by atoms with van der Waals surface area (Å²) < 4.78 is 52.6. The van der Waals surface area contributed by atoms with Gasteiger partial charge in [-0.05, 0) is 63.3 Å². The molecule has 1 aromatic heterocycles. The smallest absolute Gasteiger partial charge is 0.240 e. The summed E-state index contributed by atoms with van der Waals surface area (Å²) in [5.74, 6) is 1.23. The zero-order chi connectivity index (χ0) is 30.3. The maximum absolute atomic E-state index is 12.0. The van der Waals surface area contributed by atoms with Crippen LogP contribution in [-0.4, -0.2) is 52.3 Å². The van der Waals surface area contributed by atoms with Gasteiger partial charge in [-0.25, -0.2) is 36.2 Å². The third kappa shape index (κ3) is 7.41. The van der Waals surface area contributed by atoms with E-state index in [-0.39, 0.29) is 9.79 Å². The molecule has 4 N–H and O–H groups in total. The lowest BCUT2D eigenvalue weighted by atomic mass is 10.1. The first-order valence-electron chi connectivity index (χ1n) is 12.7. The number of nitrogens with one attached hydrogen (secondary N) is 4. The van der Waals surface area contributed by atoms with Crippen molar-refractivity contribution >= 4 is 43.1 Å². The van der Waals surface area contributed by atoms with Crippen LogP contribution in [0.15, 0.2) is 105 Å². The molecule has 1 heterocycles. The minimum absolute atomic E-state index is 0.156. The van der Waals surface area contributed by atoms with Crippen molar-refractivity contribution in [2.45, 2.75) is 23.6 Å². The number of nitrogens with zero attached hydrogens (tertiary/aromatic N) is 4. The van der Waals surface area contributed by atoms with Crippen LogP contribution in [0.3, 0.4) is 0 Å². The highest BCUT2D eigenvalue weighted by atomic mass is 32.2. The highest BCUT2D eigenvalue weighted by Gasteiger charge is 2.13. The average molecular weight is 607 g/mol. The molecule has 14 heteroatoms. The van der Waals surface area contributed by atoms with Gasteiger partial charge in [-0.15, -0.1) is 0 Å². The maximum atomic E-state index is 12.0. The Morgan fingerprint density at radius 1 is 0.619 bits per heavy atom. The Bertz CT molecular complexity index is 1710. The number of rotatable bonds is 11. The van der Waals surface area contributed by atoms with Crippen molar-refractivity contribution in [1.82, 2.24) is 19.4 Å². The summed E-state index contributed by atoms with van der Waals surface area (Å²) >= 11 is 0. The zero-order valence-corrected chi connectivity index (χ0v) is 25.0. The predicted molar refractivity (Wildman–Crippen MR) is 165 cm³/mol. The molecule has 0 amide bonds. The molecular weight excluding hydrogens is 576 g/mol. The summed E-state index contributed by atoms with van der Waals surface area (Å²) in [4.78, 5) is 9.48. The number of sulfonamides is 2. The van der Waals surface area contributed by atoms with Gasteiger partial charge in [0.1, 0.15) is 0 Å². The molecule has 0 unspecified atom stereocenters. The second kappa shape index (κ2) is 13.0. The number of aromatic nitrogens is 2. The van der Waals surface area contributed by atoms with Crippen LogP contribution < -0.4 is 20.3 Å². The molecule has 0 atom stereocenters. The molecule has 0 aliphatic carbocycles. The van der Waals surface area contributed by atoms with Crippen LogP contribution in [0.2, 0.25) is 0 Å². The molecular formula is C28H30N8O4S2. The fraction of sp³-hybridized carbons (Fsp3) is 0.143. The zero-order valence-electron chi connectivity index (χ0n) is 23.3. The molecule has 0 saturated carbocycles. The van der Waals surface area contributed by atoms with Crippen LogP contribution >= 0.6 is 0 Å². The van der Waals surface area contributed by atoms with Gasteiger partial charge < -0.3 is 0 Å². The van der Waals surface area contributed by atoms with E-state index in [4.69, 9.17) is 0 Å². The first-order valence-corrected chi connectivity index (χ1v) is 15.6. The van der Waals surface area contributed by atoms with Crippen molar-refractivity contribution in [3.05, 3.63) is 96.1 Å². The Morgan fingerprint density at radius 2 is 1.02 bits per heavy atom. The van der Waals surface area contributed by atoms with E-state index in [2.05, 4.69) is 40.5 Å². The summed E-state index contributed by atoms with van der Waals surface area (Å²) in [6.45, 7) is 3.57. The van der Waals surface area contributed by atoms with E-state index >= 15 is 0 Å². The average Bonchev–Trinajstić information content (AvgIpc) is 3.03. The van der Waals surface area contributed by atoms with Crippen LogP contribution in [0.25, 0.3) is 11.4 Å². The molecule has 0 saturated heterocycles. The molecule has 0 fully saturated rings. The van der Waals surface area contributed by atoms with Gasteiger partial charge in [-0.2, -0.15) is 10.2 Å². The fourth-order valence-corrected chi connectivity index (χ4v) is 5.14. The number of hydrazone groups is 2. The third-order valence-electron chi connectivity index (χ3n) is 6.14. The Morgan fingerprint density at radius 3 is 1.40 bits per heavy atom. The molecule has 0 aliphatic rings. The molecule has 4 rings (SSSR count). The lowest BCUT2D eigenvalue weighted by Gasteiger charge is -2.10. The molecule has 0 aliphatic heterocycles. The normalized spacial score (nSPS) is 12.7. The van der Waals surface area contributed by atoms with E-state index < -0.39 is 20.0 Å². The van der Waals surface area contributed by atoms with Crippen LogP contribution in [-0.2, 0) is 20.0 Å². The maximum Gasteiger partial charge on any atom is 0.240 e. The topological polar surface area (TPSA) is 167 Å². The van der Waals surface area contributed by atoms with Gasteiger partial charge >= 0.3 is 0 Å². The molecule has 218 valence electrons. The highest BCUT2D eigenvalue weighted by molar-refractivity contribution is 7.89. The Hall–Kier alpha value is -4.50. The number of hydrogen-bond donors (Lipinski definition) is 4. The Balaban J connectivity index is 1.59. The van der Waals surface area contributed by atoms with Crippen LogP contribution in [0.4, 0.5) is 11.6 Å². The number of anilines is 2. The van der Waals surface area contributed by atoms with E-state index in [0.717, 1.165) is 16.7 Å². The van der Waals surface area contributed by atoms with Crippen molar-refractivity contribution in [3.63, 3.8) is 0 Å². The van der Waals surface area contributed by atoms with E-state index in [0.29, 0.717) is 28.9 Å². The van der Waals surface area contributed by atoms with E-state index in [1.807, 2.05) is 30.3 Å². The standard InChI is InChI=1S/C28H30N8O4S2/c1-19(21-10-14-24(15-11-21)41(37,38)29-3)33-35-26-18-27(32-28(31-26)23-8-6-5-7-9-23)36-34-20(2)22-12-16-25(17-13-22)42(39,40)30-4/h5-18,29-30H,1-4H3,(H2,31,32,35,36). The summed E-state index contributed by atoms with van der Waals surface area (Å²) in [5.41, 5.74) is 9.35. The summed E-state index contributed by atoms with van der Waals surface area (Å²) in [6, 6.07) is 23.8. The monoisotopic (exact) mass is 606 g/mol. The predicted octanol–water partition coefficient (Wildman–Crippen LogP) is 3.63. The summed E-state index contributed by atoms with van der Waals surface area (Å²) in [5, 5.41) is 8.85. The first kappa shape index (κ1) is 30.5. The summed E-state index contributed by atoms with van der Waals surface area (Å²) in [6.07, 6.45) is 0. The van der Waals surface area contributed by atoms with Crippen molar-refractivity contribution in [3.8, 4) is 11.4 Å². The molecule has 42 heavy (non-hydrogen) atoms. The van der Waals surface area contributed by atoms with E-state index in [1.165, 1.54) is 38.4 Å². The fourth-order valence-electron chi connectivity index (χ4n) is 3.68. The molecule has 0 radical (unpaired) electrons. The minimum Gasteiger partial charge on any atom is -0.261 e. The van der Waals surface area contributed by atoms with Crippen molar-refractivity contribution in [2.75, 3.05) is 24.9 Å². The Labute approximate surface area is 245 Å². The van der Waals surface area contributed by atoms with Crippen molar-refractivity contribution < 1.29 is 16.8 Å². The van der Waals surface area contributed by atoms with Gasteiger partial charge in [-0.1, -0.05) is 54.6 Å². The van der Waals surface area contributed by atoms with E-state index in [1.54, 1.807) is 44.2 Å². The second-order valence-electron chi connectivity index (χ2n) is 8.91. The van der Waals surface area contributed by atoms with E-state index in [9.17, 15) is 16.8 Å². The Kier molecular flexibility index (Phi) is 9.42. The van der Waals surface area contributed by atoms with Crippen LogP contribution in [0, 0.1) is 0 Å². The number of benzene rings is 3. The first-order chi connectivity index (χ1) is 20.0. The quantitative estimate of drug-likeness (QED) is 0.148. The molecule has 4 aromatic rings. The lowest BCUT2D eigenvalue weighted by molar-refractivity contribution is 0.586. The minimum atomic E-state index is -3.54. The van der Waals surface area contributed by atoms with Gasteiger partial charge in [0, 0.05) is 11.6 Å². The van der Waals surface area contributed by atoms with Gasteiger partial charge in [-0.3, -0.25) is 10.9 Å². The van der Waals surface area contributed by atoms with Crippen molar-refractivity contribution in [1.29, 1.82) is 0 Å². The van der Waals surface area contributed by atoms with Crippen molar-refractivity contribution in [2.24, 2.45) is 10.2 Å². The third-order valence-corrected chi connectivity index (χ3v) is 9.00. The van der Waals surface area contributed by atoms with Gasteiger partial charge in [0.15, 0.2) is 17.5 Å². The lowest BCUT2D eigenvalue weighted by Crippen LogP contribution is -2.18. The van der Waals surface area contributed by atoms with Gasteiger partial charge in [0.2, 0.25) is 20.0 Å². The molecule has 0 spiro atoms. The molecule has 3 aromatic carbocycles. The van der Waals surface area contributed by atoms with Gasteiger partial charge in [0.05, 0.1) is 21.2 Å². The van der Waals surface area contributed by atoms with Gasteiger partial charge in [0.25, 0.3) is 0 Å². The summed E-state index contributed by atoms with van der Waals surface area (Å²) in [7, 11) is -4.36. The number of hydrogen-bond acceptors (Lipinski definition) is 10. The van der Waals surface area contributed by atoms with Crippen LogP contribution in [0.1, 0.15) is 25.0 Å². The SMILES string of the molecule is CNS(=O)(=O)c1ccc(C(C)=NNc2cc(NN=C(C)c3ccc(S(=O)(=O)NC)cc3)nc(-c3ccccc3)n2)cc1. The molecule has 12 nitrogen and oxygen atoms in total. The largest absolute Gasteiger partial charge is 0.261 e.